The molecule has 19 heavy (non-hydrogen) atoms. The standard InChI is InChI=1S/C13H18N4OS/c1-9-11(19-13-15-14-10(2)17(9)13)12(18)16-7-5-3-4-6-8-16/h3-8H2,1-2H3. The molecule has 1 fully saturated rings. The van der Waals surface area contributed by atoms with Crippen molar-refractivity contribution in [3.05, 3.63) is 16.4 Å². The van der Waals surface area contributed by atoms with Crippen LogP contribution in [0, 0.1) is 13.8 Å². The zero-order chi connectivity index (χ0) is 13.4. The number of hydrogen-bond donors (Lipinski definition) is 0. The first-order chi connectivity index (χ1) is 9.18. The van der Waals surface area contributed by atoms with Gasteiger partial charge in [0.15, 0.2) is 0 Å². The van der Waals surface area contributed by atoms with Crippen molar-refractivity contribution in [2.45, 2.75) is 39.5 Å². The number of hydrogen-bond acceptors (Lipinski definition) is 4. The molecule has 2 aromatic rings. The van der Waals surface area contributed by atoms with Crippen LogP contribution in [0.4, 0.5) is 0 Å². The van der Waals surface area contributed by atoms with Crippen molar-refractivity contribution < 1.29 is 4.79 Å². The van der Waals surface area contributed by atoms with E-state index in [0.717, 1.165) is 47.3 Å². The highest BCUT2D eigenvalue weighted by atomic mass is 32.1. The van der Waals surface area contributed by atoms with E-state index in [2.05, 4.69) is 10.2 Å². The third-order valence-corrected chi connectivity index (χ3v) is 4.86. The lowest BCUT2D eigenvalue weighted by atomic mass is 10.2. The molecule has 1 saturated heterocycles. The molecular weight excluding hydrogens is 260 g/mol. The van der Waals surface area contributed by atoms with E-state index in [-0.39, 0.29) is 5.91 Å². The van der Waals surface area contributed by atoms with E-state index in [0.29, 0.717) is 0 Å². The fraction of sp³-hybridized carbons (Fsp3) is 0.615. The van der Waals surface area contributed by atoms with Gasteiger partial charge in [-0.25, -0.2) is 0 Å². The number of fused-ring (bicyclic) bond motifs is 1. The van der Waals surface area contributed by atoms with Gasteiger partial charge in [0.05, 0.1) is 0 Å². The summed E-state index contributed by atoms with van der Waals surface area (Å²) < 4.78 is 1.97. The van der Waals surface area contributed by atoms with Crippen molar-refractivity contribution in [2.75, 3.05) is 13.1 Å². The molecule has 0 aliphatic carbocycles. The molecule has 5 nitrogen and oxygen atoms in total. The average molecular weight is 278 g/mol. The third-order valence-electron chi connectivity index (χ3n) is 3.74. The zero-order valence-corrected chi connectivity index (χ0v) is 12.2. The largest absolute Gasteiger partial charge is 0.338 e. The van der Waals surface area contributed by atoms with Gasteiger partial charge in [-0.15, -0.1) is 10.2 Å². The molecule has 1 aliphatic heterocycles. The molecule has 3 rings (SSSR count). The Balaban J connectivity index is 1.94. The van der Waals surface area contributed by atoms with Crippen molar-refractivity contribution in [3.63, 3.8) is 0 Å². The van der Waals surface area contributed by atoms with Gasteiger partial charge in [0.2, 0.25) is 4.96 Å². The van der Waals surface area contributed by atoms with Gasteiger partial charge >= 0.3 is 0 Å². The van der Waals surface area contributed by atoms with Crippen LogP contribution in [-0.4, -0.2) is 38.5 Å². The van der Waals surface area contributed by atoms with Gasteiger partial charge < -0.3 is 4.90 Å². The summed E-state index contributed by atoms with van der Waals surface area (Å²) in [4.78, 5) is 16.2. The Kier molecular flexibility index (Phi) is 3.26. The lowest BCUT2D eigenvalue weighted by Gasteiger charge is -2.19. The van der Waals surface area contributed by atoms with Gasteiger partial charge in [-0.3, -0.25) is 9.20 Å². The molecular formula is C13H18N4OS. The van der Waals surface area contributed by atoms with Gasteiger partial charge in [0.25, 0.3) is 5.91 Å². The van der Waals surface area contributed by atoms with Crippen molar-refractivity contribution in [3.8, 4) is 0 Å². The second-order valence-electron chi connectivity index (χ2n) is 5.09. The summed E-state index contributed by atoms with van der Waals surface area (Å²) in [5.41, 5.74) is 0.969. The summed E-state index contributed by atoms with van der Waals surface area (Å²) in [6, 6.07) is 0. The SMILES string of the molecule is Cc1nnc2sc(C(=O)N3CCCCCC3)c(C)n12. The summed E-state index contributed by atoms with van der Waals surface area (Å²) >= 11 is 1.45. The number of carbonyl (C=O) groups excluding carboxylic acids is 1. The van der Waals surface area contributed by atoms with Crippen molar-refractivity contribution in [2.24, 2.45) is 0 Å². The van der Waals surface area contributed by atoms with Crippen LogP contribution in [0.25, 0.3) is 4.96 Å². The number of aryl methyl sites for hydroxylation is 2. The molecule has 0 bridgehead atoms. The molecule has 3 heterocycles. The Morgan fingerprint density at radius 2 is 1.79 bits per heavy atom. The van der Waals surface area contributed by atoms with E-state index in [1.807, 2.05) is 23.1 Å². The Bertz CT molecular complexity index is 607. The zero-order valence-electron chi connectivity index (χ0n) is 11.3. The van der Waals surface area contributed by atoms with Crippen LogP contribution >= 0.6 is 11.3 Å². The monoisotopic (exact) mass is 278 g/mol. The van der Waals surface area contributed by atoms with E-state index in [1.165, 1.54) is 24.2 Å². The molecule has 0 N–H and O–H groups in total. The first-order valence-corrected chi connectivity index (χ1v) is 7.60. The minimum atomic E-state index is 0.161. The highest BCUT2D eigenvalue weighted by Gasteiger charge is 2.23. The van der Waals surface area contributed by atoms with Gasteiger partial charge in [0, 0.05) is 18.8 Å². The average Bonchev–Trinajstić information content (AvgIpc) is 2.78. The Hall–Kier alpha value is -1.43. The predicted octanol–water partition coefficient (Wildman–Crippen LogP) is 2.42. The maximum atomic E-state index is 12.6. The summed E-state index contributed by atoms with van der Waals surface area (Å²) in [6.07, 6.45) is 4.71. The molecule has 0 unspecified atom stereocenters. The maximum absolute atomic E-state index is 12.6. The van der Waals surface area contributed by atoms with Gasteiger partial charge in [-0.05, 0) is 26.7 Å². The quantitative estimate of drug-likeness (QED) is 0.805. The Morgan fingerprint density at radius 1 is 1.11 bits per heavy atom. The van der Waals surface area contributed by atoms with E-state index in [4.69, 9.17) is 0 Å². The molecule has 2 aromatic heterocycles. The molecule has 0 atom stereocenters. The molecule has 1 amide bonds. The number of nitrogens with zero attached hydrogens (tertiary/aromatic N) is 4. The number of rotatable bonds is 1. The van der Waals surface area contributed by atoms with Gasteiger partial charge in [0.1, 0.15) is 10.7 Å². The van der Waals surface area contributed by atoms with Crippen LogP contribution in [0.3, 0.4) is 0 Å². The molecule has 6 heteroatoms. The van der Waals surface area contributed by atoms with E-state index in [1.54, 1.807) is 0 Å². The van der Waals surface area contributed by atoms with Crippen LogP contribution in [0.5, 0.6) is 0 Å². The number of aromatic nitrogens is 3. The van der Waals surface area contributed by atoms with Gasteiger partial charge in [-0.2, -0.15) is 0 Å². The second-order valence-corrected chi connectivity index (χ2v) is 6.07. The van der Waals surface area contributed by atoms with Crippen molar-refractivity contribution in [1.82, 2.24) is 19.5 Å². The van der Waals surface area contributed by atoms with Crippen molar-refractivity contribution in [1.29, 1.82) is 0 Å². The molecule has 102 valence electrons. The minimum absolute atomic E-state index is 0.161. The molecule has 0 spiro atoms. The van der Waals surface area contributed by atoms with E-state index in [9.17, 15) is 4.79 Å². The van der Waals surface area contributed by atoms with Crippen LogP contribution in [-0.2, 0) is 0 Å². The fourth-order valence-electron chi connectivity index (χ4n) is 2.68. The summed E-state index contributed by atoms with van der Waals surface area (Å²) in [7, 11) is 0. The second kappa shape index (κ2) is 4.92. The number of likely N-dealkylation sites (tertiary alicyclic amines) is 1. The number of amides is 1. The normalized spacial score (nSPS) is 16.8. The summed E-state index contributed by atoms with van der Waals surface area (Å²) in [6.45, 7) is 5.66. The lowest BCUT2D eigenvalue weighted by molar-refractivity contribution is 0.0765. The summed E-state index contributed by atoms with van der Waals surface area (Å²) in [5, 5.41) is 8.15. The van der Waals surface area contributed by atoms with Crippen LogP contribution in [0.1, 0.15) is 46.9 Å². The molecule has 1 aliphatic rings. The summed E-state index contributed by atoms with van der Waals surface area (Å²) in [5.74, 6) is 1.01. The van der Waals surface area contributed by atoms with Gasteiger partial charge in [-0.1, -0.05) is 24.2 Å². The number of thiazole rings is 1. The Labute approximate surface area is 116 Å². The molecule has 0 saturated carbocycles. The predicted molar refractivity (Wildman–Crippen MR) is 74.7 cm³/mol. The van der Waals surface area contributed by atoms with E-state index < -0.39 is 0 Å². The number of carbonyl (C=O) groups is 1. The fourth-order valence-corrected chi connectivity index (χ4v) is 3.76. The Morgan fingerprint density at radius 3 is 2.42 bits per heavy atom. The first-order valence-electron chi connectivity index (χ1n) is 6.79. The van der Waals surface area contributed by atoms with Crippen LogP contribution in [0.2, 0.25) is 0 Å². The molecule has 0 radical (unpaired) electrons. The highest BCUT2D eigenvalue weighted by molar-refractivity contribution is 7.19. The topological polar surface area (TPSA) is 50.5 Å². The van der Waals surface area contributed by atoms with Crippen LogP contribution in [0.15, 0.2) is 0 Å². The smallest absolute Gasteiger partial charge is 0.265 e. The first kappa shape index (κ1) is 12.6. The lowest BCUT2D eigenvalue weighted by Crippen LogP contribution is -2.31. The third kappa shape index (κ3) is 2.14. The maximum Gasteiger partial charge on any atom is 0.265 e. The highest BCUT2D eigenvalue weighted by Crippen LogP contribution is 2.25. The van der Waals surface area contributed by atoms with E-state index >= 15 is 0 Å². The minimum Gasteiger partial charge on any atom is -0.338 e. The van der Waals surface area contributed by atoms with Crippen LogP contribution < -0.4 is 0 Å². The van der Waals surface area contributed by atoms with Crippen molar-refractivity contribution >= 4 is 22.2 Å². The molecule has 0 aromatic carbocycles.